The summed E-state index contributed by atoms with van der Waals surface area (Å²) in [4.78, 5) is 6.89. The van der Waals surface area contributed by atoms with Crippen molar-refractivity contribution in [1.29, 1.82) is 0 Å². The van der Waals surface area contributed by atoms with Crippen molar-refractivity contribution in [2.24, 2.45) is 0 Å². The van der Waals surface area contributed by atoms with Gasteiger partial charge in [-0.05, 0) is 38.4 Å². The Labute approximate surface area is 109 Å². The molecule has 1 aliphatic rings. The molecule has 100 valence electrons. The number of rotatable bonds is 6. The third kappa shape index (κ3) is 2.93. The molecule has 0 aliphatic carbocycles. The highest BCUT2D eigenvalue weighted by Crippen LogP contribution is 2.31. The average molecular weight is 249 g/mol. The lowest BCUT2D eigenvalue weighted by molar-refractivity contribution is 0.338. The number of nitrogens with one attached hydrogen (secondary N) is 1. The van der Waals surface area contributed by atoms with Gasteiger partial charge < -0.3 is 15.0 Å². The lowest BCUT2D eigenvalue weighted by atomic mass is 10.2. The molecule has 0 spiro atoms. The smallest absolute Gasteiger partial charge is 0.171 e. The number of pyridine rings is 1. The molecule has 18 heavy (non-hydrogen) atoms. The Kier molecular flexibility index (Phi) is 4.81. The van der Waals surface area contributed by atoms with E-state index in [1.807, 2.05) is 25.3 Å². The van der Waals surface area contributed by atoms with Crippen LogP contribution in [0.15, 0.2) is 18.3 Å². The summed E-state index contributed by atoms with van der Waals surface area (Å²) >= 11 is 0. The predicted octanol–water partition coefficient (Wildman–Crippen LogP) is 2.06. The van der Waals surface area contributed by atoms with Crippen molar-refractivity contribution >= 4 is 5.82 Å². The highest BCUT2D eigenvalue weighted by molar-refractivity contribution is 5.53. The summed E-state index contributed by atoms with van der Waals surface area (Å²) in [6.45, 7) is 7.96. The quantitative estimate of drug-likeness (QED) is 0.837. The Morgan fingerprint density at radius 2 is 2.39 bits per heavy atom. The zero-order valence-electron chi connectivity index (χ0n) is 11.4. The maximum Gasteiger partial charge on any atom is 0.171 e. The Balaban J connectivity index is 2.13. The third-order valence-electron chi connectivity index (χ3n) is 3.33. The second-order valence-corrected chi connectivity index (χ2v) is 4.56. The van der Waals surface area contributed by atoms with Crippen molar-refractivity contribution in [3.8, 4) is 5.75 Å². The van der Waals surface area contributed by atoms with Gasteiger partial charge in [-0.2, -0.15) is 0 Å². The van der Waals surface area contributed by atoms with Crippen molar-refractivity contribution < 1.29 is 4.74 Å². The molecule has 0 radical (unpaired) electrons. The highest BCUT2D eigenvalue weighted by Gasteiger charge is 2.27. The second kappa shape index (κ2) is 6.59. The molecule has 0 saturated carbocycles. The van der Waals surface area contributed by atoms with Crippen LogP contribution >= 0.6 is 0 Å². The van der Waals surface area contributed by atoms with E-state index in [1.165, 1.54) is 12.8 Å². The highest BCUT2D eigenvalue weighted by atomic mass is 16.5. The molecule has 1 saturated heterocycles. The summed E-state index contributed by atoms with van der Waals surface area (Å²) in [5.74, 6) is 1.91. The van der Waals surface area contributed by atoms with Gasteiger partial charge in [-0.25, -0.2) is 4.98 Å². The minimum absolute atomic E-state index is 0.541. The van der Waals surface area contributed by atoms with E-state index in [0.29, 0.717) is 12.6 Å². The number of hydrogen-bond donors (Lipinski definition) is 1. The first-order valence-electron chi connectivity index (χ1n) is 6.92. The number of aromatic nitrogens is 1. The monoisotopic (exact) mass is 249 g/mol. The van der Waals surface area contributed by atoms with Crippen LogP contribution in [-0.2, 0) is 0 Å². The van der Waals surface area contributed by atoms with E-state index in [0.717, 1.165) is 31.2 Å². The van der Waals surface area contributed by atoms with Crippen LogP contribution in [-0.4, -0.2) is 37.3 Å². The molecule has 0 bridgehead atoms. The van der Waals surface area contributed by atoms with Gasteiger partial charge in [0.15, 0.2) is 11.6 Å². The number of hydrogen-bond acceptors (Lipinski definition) is 4. The van der Waals surface area contributed by atoms with Crippen molar-refractivity contribution in [3.63, 3.8) is 0 Å². The van der Waals surface area contributed by atoms with E-state index in [-0.39, 0.29) is 0 Å². The normalized spacial score (nSPS) is 19.2. The van der Waals surface area contributed by atoms with E-state index in [9.17, 15) is 0 Å². The summed E-state index contributed by atoms with van der Waals surface area (Å²) in [6.07, 6.45) is 4.31. The zero-order valence-corrected chi connectivity index (χ0v) is 11.4. The van der Waals surface area contributed by atoms with Crippen molar-refractivity contribution in [1.82, 2.24) is 10.3 Å². The molecule has 1 atom stereocenters. The first-order valence-corrected chi connectivity index (χ1v) is 6.92. The van der Waals surface area contributed by atoms with E-state index < -0.39 is 0 Å². The molecular formula is C14H23N3O. The average Bonchev–Trinajstić information content (AvgIpc) is 2.85. The van der Waals surface area contributed by atoms with Crippen molar-refractivity contribution in [2.45, 2.75) is 32.7 Å². The van der Waals surface area contributed by atoms with Gasteiger partial charge in [-0.3, -0.25) is 0 Å². The summed E-state index contributed by atoms with van der Waals surface area (Å²) in [5.41, 5.74) is 0. The maximum atomic E-state index is 5.68. The fourth-order valence-corrected chi connectivity index (χ4v) is 2.50. The SMILES string of the molecule is CCNCC1CCCN1c1ncccc1OCC. The van der Waals surface area contributed by atoms with Gasteiger partial charge in [0.05, 0.1) is 6.61 Å². The van der Waals surface area contributed by atoms with Crippen LogP contribution < -0.4 is 15.0 Å². The molecule has 0 aromatic carbocycles. The van der Waals surface area contributed by atoms with E-state index in [1.54, 1.807) is 0 Å². The Morgan fingerprint density at radius 3 is 3.17 bits per heavy atom. The van der Waals surface area contributed by atoms with Gasteiger partial charge in [-0.15, -0.1) is 0 Å². The van der Waals surface area contributed by atoms with E-state index in [4.69, 9.17) is 4.74 Å². The van der Waals surface area contributed by atoms with Crippen LogP contribution in [0.2, 0.25) is 0 Å². The van der Waals surface area contributed by atoms with E-state index in [2.05, 4.69) is 22.1 Å². The standard InChI is InChI=1S/C14H23N3O/c1-3-15-11-12-7-6-10-17(12)14-13(18-4-2)8-5-9-16-14/h5,8-9,12,15H,3-4,6-7,10-11H2,1-2H3. The number of anilines is 1. The lowest BCUT2D eigenvalue weighted by Gasteiger charge is -2.27. The van der Waals surface area contributed by atoms with Crippen LogP contribution in [0.3, 0.4) is 0 Å². The van der Waals surface area contributed by atoms with Crippen LogP contribution in [0.4, 0.5) is 5.82 Å². The molecular weight excluding hydrogens is 226 g/mol. The summed E-state index contributed by atoms with van der Waals surface area (Å²) < 4.78 is 5.68. The molecule has 1 aromatic rings. The van der Waals surface area contributed by atoms with Gasteiger partial charge in [0, 0.05) is 25.3 Å². The summed E-state index contributed by atoms with van der Waals surface area (Å²) in [5, 5.41) is 3.43. The maximum absolute atomic E-state index is 5.68. The summed E-state index contributed by atoms with van der Waals surface area (Å²) in [7, 11) is 0. The molecule has 2 rings (SSSR count). The molecule has 2 heterocycles. The predicted molar refractivity (Wildman–Crippen MR) is 74.3 cm³/mol. The first-order chi connectivity index (χ1) is 8.86. The number of nitrogens with zero attached hydrogens (tertiary/aromatic N) is 2. The minimum atomic E-state index is 0.541. The molecule has 1 aromatic heterocycles. The number of likely N-dealkylation sites (N-methyl/N-ethyl adjacent to an activating group) is 1. The topological polar surface area (TPSA) is 37.4 Å². The van der Waals surface area contributed by atoms with Crippen molar-refractivity contribution in [2.75, 3.05) is 31.1 Å². The first kappa shape index (κ1) is 13.1. The fourth-order valence-electron chi connectivity index (χ4n) is 2.50. The molecule has 4 nitrogen and oxygen atoms in total. The van der Waals surface area contributed by atoms with Crippen molar-refractivity contribution in [3.05, 3.63) is 18.3 Å². The third-order valence-corrected chi connectivity index (χ3v) is 3.33. The number of ether oxygens (including phenoxy) is 1. The second-order valence-electron chi connectivity index (χ2n) is 4.56. The molecule has 1 fully saturated rings. The minimum Gasteiger partial charge on any atom is -0.490 e. The van der Waals surface area contributed by atoms with Crippen LogP contribution in [0, 0.1) is 0 Å². The van der Waals surface area contributed by atoms with Gasteiger partial charge in [0.1, 0.15) is 0 Å². The Bertz CT molecular complexity index is 370. The Morgan fingerprint density at radius 1 is 1.50 bits per heavy atom. The largest absolute Gasteiger partial charge is 0.490 e. The van der Waals surface area contributed by atoms with E-state index >= 15 is 0 Å². The molecule has 1 unspecified atom stereocenters. The van der Waals surface area contributed by atoms with Crippen LogP contribution in [0.25, 0.3) is 0 Å². The van der Waals surface area contributed by atoms with Gasteiger partial charge >= 0.3 is 0 Å². The van der Waals surface area contributed by atoms with Gasteiger partial charge in [0.25, 0.3) is 0 Å². The van der Waals surface area contributed by atoms with Crippen LogP contribution in [0.5, 0.6) is 5.75 Å². The zero-order chi connectivity index (χ0) is 12.8. The van der Waals surface area contributed by atoms with Gasteiger partial charge in [0.2, 0.25) is 0 Å². The fraction of sp³-hybridized carbons (Fsp3) is 0.643. The summed E-state index contributed by atoms with van der Waals surface area (Å²) in [6, 6.07) is 4.48. The van der Waals surface area contributed by atoms with Gasteiger partial charge in [-0.1, -0.05) is 6.92 Å². The lowest BCUT2D eigenvalue weighted by Crippen LogP contribution is -2.38. The Hall–Kier alpha value is -1.29. The molecule has 1 aliphatic heterocycles. The van der Waals surface area contributed by atoms with Crippen LogP contribution in [0.1, 0.15) is 26.7 Å². The molecule has 1 N–H and O–H groups in total. The molecule has 0 amide bonds. The molecule has 4 heteroatoms.